The first kappa shape index (κ1) is 24.8. The Morgan fingerprint density at radius 1 is 0.758 bits per heavy atom. The number of ether oxygens (including phenoxy) is 1. The Morgan fingerprint density at radius 2 is 1.24 bits per heavy atom. The Morgan fingerprint density at radius 3 is 1.73 bits per heavy atom. The van der Waals surface area contributed by atoms with E-state index in [2.05, 4.69) is 12.1 Å². The monoisotopic (exact) mass is 468 g/mol. The van der Waals surface area contributed by atoms with Crippen molar-refractivity contribution in [1.82, 2.24) is 0 Å². The summed E-state index contributed by atoms with van der Waals surface area (Å²) in [5.74, 6) is -0.0838. The molecule has 0 amide bonds. The Kier molecular flexibility index (Phi) is 9.78. The van der Waals surface area contributed by atoms with E-state index < -0.39 is 7.26 Å². The van der Waals surface area contributed by atoms with Crippen LogP contribution in [-0.4, -0.2) is 29.7 Å². The van der Waals surface area contributed by atoms with E-state index in [9.17, 15) is 5.11 Å². The Bertz CT molecular complexity index is 692. The molecule has 3 fully saturated rings. The van der Waals surface area contributed by atoms with Crippen molar-refractivity contribution >= 4 is 13.3 Å². The van der Waals surface area contributed by atoms with Crippen LogP contribution in [0, 0.1) is 0 Å². The van der Waals surface area contributed by atoms with Gasteiger partial charge in [0.2, 0.25) is 0 Å². The second kappa shape index (κ2) is 13.0. The molecule has 3 heteroatoms. The van der Waals surface area contributed by atoms with Crippen LogP contribution in [-0.2, 0) is 4.74 Å². The fraction of sp³-hybridized carbons (Fsp3) is 0.667. The SMILES string of the molecule is [O-]/C(=C\C[P+](C1CCCCC1)(C1CCCCC1)C1CCCCC1)OC/C=C/c1ccccc1. The highest BCUT2D eigenvalue weighted by atomic mass is 31.2. The summed E-state index contributed by atoms with van der Waals surface area (Å²) in [6, 6.07) is 10.2. The lowest BCUT2D eigenvalue weighted by atomic mass is 9.99. The van der Waals surface area contributed by atoms with Gasteiger partial charge in [0.05, 0.1) is 29.1 Å². The molecule has 0 aromatic heterocycles. The molecule has 33 heavy (non-hydrogen) atoms. The predicted octanol–water partition coefficient (Wildman–Crippen LogP) is 7.93. The summed E-state index contributed by atoms with van der Waals surface area (Å²) in [5, 5.41) is 12.9. The van der Waals surface area contributed by atoms with Crippen LogP contribution >= 0.6 is 7.26 Å². The molecule has 3 aliphatic carbocycles. The molecule has 4 rings (SSSR count). The van der Waals surface area contributed by atoms with Gasteiger partial charge in [0.1, 0.15) is 0 Å². The molecule has 182 valence electrons. The first-order valence-electron chi connectivity index (χ1n) is 13.9. The Balaban J connectivity index is 1.49. The summed E-state index contributed by atoms with van der Waals surface area (Å²) in [6.45, 7) is 0.367. The van der Waals surface area contributed by atoms with Gasteiger partial charge in [0, 0.05) is 13.9 Å². The Labute approximate surface area is 203 Å². The topological polar surface area (TPSA) is 32.3 Å². The maximum atomic E-state index is 12.9. The van der Waals surface area contributed by atoms with Crippen LogP contribution in [0.4, 0.5) is 0 Å². The molecule has 3 aliphatic rings. The second-order valence-corrected chi connectivity index (χ2v) is 15.2. The molecular formula is C30H45O2P. The zero-order valence-corrected chi connectivity index (χ0v) is 21.5. The van der Waals surface area contributed by atoms with Gasteiger partial charge in [0.25, 0.3) is 0 Å². The van der Waals surface area contributed by atoms with Crippen molar-refractivity contribution in [3.05, 3.63) is 54.0 Å². The number of rotatable bonds is 9. The van der Waals surface area contributed by atoms with Crippen molar-refractivity contribution in [3.8, 4) is 0 Å². The highest BCUT2D eigenvalue weighted by Gasteiger charge is 2.56. The smallest absolute Gasteiger partial charge is 0.0801 e. The minimum Gasteiger partial charge on any atom is -0.609 e. The molecule has 0 saturated heterocycles. The first-order valence-corrected chi connectivity index (χ1v) is 16.1. The van der Waals surface area contributed by atoms with Crippen LogP contribution in [0.3, 0.4) is 0 Å². The van der Waals surface area contributed by atoms with E-state index in [0.717, 1.165) is 28.7 Å². The minimum absolute atomic E-state index is 0.0838. The van der Waals surface area contributed by atoms with E-state index in [0.29, 0.717) is 6.61 Å². The first-order chi connectivity index (χ1) is 16.3. The summed E-state index contributed by atoms with van der Waals surface area (Å²) >= 11 is 0. The molecule has 0 atom stereocenters. The van der Waals surface area contributed by atoms with Crippen molar-refractivity contribution in [2.45, 2.75) is 113 Å². The largest absolute Gasteiger partial charge is 0.609 e. The van der Waals surface area contributed by atoms with Gasteiger partial charge in [-0.3, -0.25) is 0 Å². The van der Waals surface area contributed by atoms with Crippen LogP contribution in [0.5, 0.6) is 0 Å². The van der Waals surface area contributed by atoms with Crippen molar-refractivity contribution in [1.29, 1.82) is 0 Å². The third-order valence-corrected chi connectivity index (χ3v) is 15.2. The number of allylic oxidation sites excluding steroid dienone is 1. The van der Waals surface area contributed by atoms with Crippen LogP contribution in [0.2, 0.25) is 0 Å². The summed E-state index contributed by atoms with van der Waals surface area (Å²) in [6.07, 6.45) is 28.5. The minimum atomic E-state index is -1.24. The molecule has 1 aromatic rings. The highest BCUT2D eigenvalue weighted by molar-refractivity contribution is 7.78. The summed E-state index contributed by atoms with van der Waals surface area (Å²) in [4.78, 5) is 0. The van der Waals surface area contributed by atoms with Gasteiger partial charge in [-0.1, -0.05) is 61.7 Å². The molecule has 2 nitrogen and oxygen atoms in total. The van der Waals surface area contributed by atoms with E-state index in [4.69, 9.17) is 4.74 Å². The summed E-state index contributed by atoms with van der Waals surface area (Å²) in [7, 11) is -1.24. The maximum Gasteiger partial charge on any atom is 0.0801 e. The van der Waals surface area contributed by atoms with Gasteiger partial charge in [-0.2, -0.15) is 0 Å². The van der Waals surface area contributed by atoms with Crippen molar-refractivity contribution < 1.29 is 9.84 Å². The second-order valence-electron chi connectivity index (χ2n) is 10.7. The highest BCUT2D eigenvalue weighted by Crippen LogP contribution is 2.77. The fourth-order valence-corrected chi connectivity index (χ4v) is 14.3. The number of hydrogen-bond donors (Lipinski definition) is 0. The molecule has 0 spiro atoms. The molecule has 0 bridgehead atoms. The van der Waals surface area contributed by atoms with Crippen LogP contribution in [0.15, 0.2) is 48.4 Å². The van der Waals surface area contributed by atoms with E-state index >= 15 is 0 Å². The number of benzene rings is 1. The third kappa shape index (κ3) is 6.66. The van der Waals surface area contributed by atoms with Crippen molar-refractivity contribution in [3.63, 3.8) is 0 Å². The fourth-order valence-electron chi connectivity index (χ4n) is 7.20. The average molecular weight is 469 g/mol. The van der Waals surface area contributed by atoms with Gasteiger partial charge < -0.3 is 9.84 Å². The van der Waals surface area contributed by atoms with E-state index in [1.165, 1.54) is 96.3 Å². The zero-order valence-electron chi connectivity index (χ0n) is 20.6. The van der Waals surface area contributed by atoms with Crippen LogP contribution in [0.25, 0.3) is 6.08 Å². The summed E-state index contributed by atoms with van der Waals surface area (Å²) in [5.41, 5.74) is 3.90. The van der Waals surface area contributed by atoms with E-state index in [-0.39, 0.29) is 5.95 Å². The lowest BCUT2D eigenvalue weighted by Gasteiger charge is -2.48. The average Bonchev–Trinajstić information content (AvgIpc) is 2.89. The molecule has 0 heterocycles. The van der Waals surface area contributed by atoms with Crippen molar-refractivity contribution in [2.24, 2.45) is 0 Å². The van der Waals surface area contributed by atoms with Gasteiger partial charge in [-0.05, 0) is 88.7 Å². The van der Waals surface area contributed by atoms with Crippen molar-refractivity contribution in [2.75, 3.05) is 12.8 Å². The van der Waals surface area contributed by atoms with Gasteiger partial charge in [0.15, 0.2) is 0 Å². The molecular weight excluding hydrogens is 423 g/mol. The van der Waals surface area contributed by atoms with Gasteiger partial charge in [-0.25, -0.2) is 0 Å². The molecule has 1 aromatic carbocycles. The van der Waals surface area contributed by atoms with Crippen LogP contribution in [0.1, 0.15) is 102 Å². The molecule has 0 N–H and O–H groups in total. The molecule has 0 unspecified atom stereocenters. The maximum absolute atomic E-state index is 12.9. The van der Waals surface area contributed by atoms with Crippen LogP contribution < -0.4 is 5.11 Å². The van der Waals surface area contributed by atoms with Gasteiger partial charge >= 0.3 is 0 Å². The Hall–Kier alpha value is -1.27. The predicted molar refractivity (Wildman–Crippen MR) is 142 cm³/mol. The summed E-state index contributed by atoms with van der Waals surface area (Å²) < 4.78 is 5.66. The molecule has 0 aliphatic heterocycles. The standard InChI is InChI=1S/C30H45O2P/c31-30(32-24-13-16-26-14-5-1-6-15-26)23-25-33(27-17-7-2-8-18-27,28-19-9-3-10-20-28)29-21-11-4-12-22-29/h1,5-6,13-16,23,27-29H,2-4,7-12,17-22,24-25H2/b16-13+,30-23+. The van der Waals surface area contributed by atoms with E-state index in [1.54, 1.807) is 0 Å². The third-order valence-electron chi connectivity index (χ3n) is 8.77. The number of hydrogen-bond acceptors (Lipinski definition) is 2. The zero-order chi connectivity index (χ0) is 22.8. The quantitative estimate of drug-likeness (QED) is 0.272. The van der Waals surface area contributed by atoms with Gasteiger partial charge in [-0.15, -0.1) is 0 Å². The molecule has 0 radical (unpaired) electrons. The lowest BCUT2D eigenvalue weighted by molar-refractivity contribution is -0.355. The normalized spacial score (nSPS) is 22.6. The van der Waals surface area contributed by atoms with E-state index in [1.807, 2.05) is 36.4 Å². The lowest BCUT2D eigenvalue weighted by Crippen LogP contribution is -2.37. The molecule has 3 saturated carbocycles.